The van der Waals surface area contributed by atoms with Crippen molar-refractivity contribution in [1.29, 1.82) is 0 Å². The van der Waals surface area contributed by atoms with Crippen LogP contribution in [-0.4, -0.2) is 18.4 Å². The van der Waals surface area contributed by atoms with Crippen LogP contribution in [0.4, 0.5) is 5.69 Å². The second-order valence-electron chi connectivity index (χ2n) is 5.36. The van der Waals surface area contributed by atoms with Gasteiger partial charge in [-0.3, -0.25) is 9.59 Å². The van der Waals surface area contributed by atoms with E-state index in [9.17, 15) is 9.59 Å². The third kappa shape index (κ3) is 5.76. The van der Waals surface area contributed by atoms with Crippen LogP contribution in [0.3, 0.4) is 0 Å². The summed E-state index contributed by atoms with van der Waals surface area (Å²) in [4.78, 5) is 23.3. The van der Waals surface area contributed by atoms with Gasteiger partial charge in [-0.15, -0.1) is 0 Å². The van der Waals surface area contributed by atoms with Crippen molar-refractivity contribution in [2.45, 2.75) is 26.4 Å². The zero-order valence-corrected chi connectivity index (χ0v) is 13.7. The third-order valence-corrected chi connectivity index (χ3v) is 3.38. The molecule has 0 radical (unpaired) electrons. The van der Waals surface area contributed by atoms with Crippen molar-refractivity contribution in [2.75, 3.05) is 11.9 Å². The van der Waals surface area contributed by atoms with Crippen molar-refractivity contribution in [3.63, 3.8) is 0 Å². The van der Waals surface area contributed by atoms with Gasteiger partial charge in [-0.1, -0.05) is 43.7 Å². The van der Waals surface area contributed by atoms with Gasteiger partial charge in [-0.05, 0) is 36.2 Å². The first-order valence-corrected chi connectivity index (χ1v) is 8.05. The Kier molecular flexibility index (Phi) is 6.83. The largest absolute Gasteiger partial charge is 0.489 e. The molecule has 2 aromatic rings. The molecule has 0 bridgehead atoms. The summed E-state index contributed by atoms with van der Waals surface area (Å²) in [5.74, 6) is -0.582. The van der Waals surface area contributed by atoms with Gasteiger partial charge >= 0.3 is 11.8 Å². The maximum absolute atomic E-state index is 11.7. The van der Waals surface area contributed by atoms with Gasteiger partial charge in [0.25, 0.3) is 0 Å². The van der Waals surface area contributed by atoms with E-state index in [4.69, 9.17) is 4.74 Å². The highest BCUT2D eigenvalue weighted by Crippen LogP contribution is 2.17. The van der Waals surface area contributed by atoms with E-state index in [0.717, 1.165) is 18.4 Å². The first-order valence-electron chi connectivity index (χ1n) is 8.05. The molecule has 0 saturated carbocycles. The quantitative estimate of drug-likeness (QED) is 0.607. The van der Waals surface area contributed by atoms with E-state index >= 15 is 0 Å². The molecule has 0 atom stereocenters. The molecule has 2 N–H and O–H groups in total. The van der Waals surface area contributed by atoms with Crippen LogP contribution in [0, 0.1) is 0 Å². The molecule has 126 valence electrons. The lowest BCUT2D eigenvalue weighted by Crippen LogP contribution is -2.35. The molecule has 24 heavy (non-hydrogen) atoms. The van der Waals surface area contributed by atoms with Crippen LogP contribution in [0.25, 0.3) is 0 Å². The molecular weight excluding hydrogens is 304 g/mol. The van der Waals surface area contributed by atoms with Gasteiger partial charge in [0.15, 0.2) is 0 Å². The zero-order chi connectivity index (χ0) is 17.2. The average molecular weight is 326 g/mol. The highest BCUT2D eigenvalue weighted by Gasteiger charge is 2.12. The molecule has 0 heterocycles. The summed E-state index contributed by atoms with van der Waals surface area (Å²) >= 11 is 0. The lowest BCUT2D eigenvalue weighted by molar-refractivity contribution is -0.136. The monoisotopic (exact) mass is 326 g/mol. The topological polar surface area (TPSA) is 67.4 Å². The Morgan fingerprint density at radius 2 is 1.67 bits per heavy atom. The lowest BCUT2D eigenvalue weighted by atomic mass is 10.2. The third-order valence-electron chi connectivity index (χ3n) is 3.38. The molecule has 0 aliphatic carbocycles. The van der Waals surface area contributed by atoms with E-state index in [1.807, 2.05) is 37.3 Å². The molecule has 2 aromatic carbocycles. The van der Waals surface area contributed by atoms with Crippen molar-refractivity contribution in [2.24, 2.45) is 0 Å². The van der Waals surface area contributed by atoms with Gasteiger partial charge in [0.2, 0.25) is 0 Å². The number of anilines is 1. The van der Waals surface area contributed by atoms with Crippen molar-refractivity contribution in [3.8, 4) is 5.75 Å². The van der Waals surface area contributed by atoms with E-state index in [2.05, 4.69) is 10.6 Å². The standard InChI is InChI=1S/C19H22N2O3/c1-2-3-13-20-18(22)19(23)21-16-9-11-17(12-10-16)24-14-15-7-5-4-6-8-15/h4-12H,2-3,13-14H2,1H3,(H,20,22)(H,21,23). The Bertz CT molecular complexity index is 654. The van der Waals surface area contributed by atoms with Crippen LogP contribution in [0.2, 0.25) is 0 Å². The summed E-state index contributed by atoms with van der Waals surface area (Å²) in [7, 11) is 0. The minimum absolute atomic E-state index is 0.479. The SMILES string of the molecule is CCCCNC(=O)C(=O)Nc1ccc(OCc2ccccc2)cc1. The Hall–Kier alpha value is -2.82. The van der Waals surface area contributed by atoms with E-state index in [0.29, 0.717) is 24.6 Å². The smallest absolute Gasteiger partial charge is 0.313 e. The van der Waals surface area contributed by atoms with Crippen molar-refractivity contribution >= 4 is 17.5 Å². The van der Waals surface area contributed by atoms with Crippen LogP contribution in [0.1, 0.15) is 25.3 Å². The Morgan fingerprint density at radius 3 is 2.33 bits per heavy atom. The number of nitrogens with one attached hydrogen (secondary N) is 2. The van der Waals surface area contributed by atoms with Crippen molar-refractivity contribution in [1.82, 2.24) is 5.32 Å². The first kappa shape index (κ1) is 17.5. The van der Waals surface area contributed by atoms with Gasteiger partial charge in [-0.2, -0.15) is 0 Å². The lowest BCUT2D eigenvalue weighted by Gasteiger charge is -2.08. The van der Waals surface area contributed by atoms with Crippen LogP contribution >= 0.6 is 0 Å². The summed E-state index contributed by atoms with van der Waals surface area (Å²) < 4.78 is 5.67. The Labute approximate surface area is 142 Å². The Balaban J connectivity index is 1.81. The fraction of sp³-hybridized carbons (Fsp3) is 0.263. The van der Waals surface area contributed by atoms with Crippen LogP contribution in [0.15, 0.2) is 54.6 Å². The van der Waals surface area contributed by atoms with Crippen molar-refractivity contribution < 1.29 is 14.3 Å². The first-order chi connectivity index (χ1) is 11.7. The van der Waals surface area contributed by atoms with Crippen LogP contribution in [-0.2, 0) is 16.2 Å². The fourth-order valence-electron chi connectivity index (χ4n) is 2.02. The summed E-state index contributed by atoms with van der Waals surface area (Å²) in [6.07, 6.45) is 1.82. The maximum atomic E-state index is 11.7. The minimum atomic E-state index is -0.663. The number of ether oxygens (including phenoxy) is 1. The van der Waals surface area contributed by atoms with Crippen LogP contribution in [0.5, 0.6) is 5.75 Å². The second kappa shape index (κ2) is 9.35. The van der Waals surface area contributed by atoms with E-state index in [-0.39, 0.29) is 0 Å². The minimum Gasteiger partial charge on any atom is -0.489 e. The van der Waals surface area contributed by atoms with Gasteiger partial charge in [0.1, 0.15) is 12.4 Å². The highest BCUT2D eigenvalue weighted by molar-refractivity contribution is 6.39. The number of carbonyl (C=O) groups excluding carboxylic acids is 2. The van der Waals surface area contributed by atoms with E-state index in [1.54, 1.807) is 24.3 Å². The van der Waals surface area contributed by atoms with Crippen LogP contribution < -0.4 is 15.4 Å². The molecule has 2 amide bonds. The van der Waals surface area contributed by atoms with Gasteiger partial charge in [-0.25, -0.2) is 0 Å². The van der Waals surface area contributed by atoms with Gasteiger partial charge < -0.3 is 15.4 Å². The molecule has 5 nitrogen and oxygen atoms in total. The molecule has 5 heteroatoms. The summed E-state index contributed by atoms with van der Waals surface area (Å²) in [6, 6.07) is 16.8. The summed E-state index contributed by atoms with van der Waals surface area (Å²) in [5, 5.41) is 5.14. The number of amides is 2. The number of unbranched alkanes of at least 4 members (excludes halogenated alkanes) is 1. The number of benzene rings is 2. The van der Waals surface area contributed by atoms with Crippen molar-refractivity contribution in [3.05, 3.63) is 60.2 Å². The molecule has 0 aliphatic rings. The zero-order valence-electron chi connectivity index (χ0n) is 13.7. The molecule has 0 aliphatic heterocycles. The molecule has 0 spiro atoms. The molecule has 0 fully saturated rings. The second-order valence-corrected chi connectivity index (χ2v) is 5.36. The number of carbonyl (C=O) groups is 2. The Morgan fingerprint density at radius 1 is 0.958 bits per heavy atom. The highest BCUT2D eigenvalue weighted by atomic mass is 16.5. The molecule has 0 aromatic heterocycles. The molecular formula is C19H22N2O3. The molecule has 0 saturated heterocycles. The number of hydrogen-bond donors (Lipinski definition) is 2. The number of rotatable bonds is 7. The fourth-order valence-corrected chi connectivity index (χ4v) is 2.02. The normalized spacial score (nSPS) is 10.0. The molecule has 0 unspecified atom stereocenters. The number of hydrogen-bond acceptors (Lipinski definition) is 3. The van der Waals surface area contributed by atoms with E-state index in [1.165, 1.54) is 0 Å². The van der Waals surface area contributed by atoms with Gasteiger partial charge in [0.05, 0.1) is 0 Å². The van der Waals surface area contributed by atoms with E-state index < -0.39 is 11.8 Å². The summed E-state index contributed by atoms with van der Waals surface area (Å²) in [5.41, 5.74) is 1.64. The van der Waals surface area contributed by atoms with Gasteiger partial charge in [0, 0.05) is 12.2 Å². The molecule has 2 rings (SSSR count). The predicted molar refractivity (Wildman–Crippen MR) is 93.8 cm³/mol. The predicted octanol–water partition coefficient (Wildman–Crippen LogP) is 3.12. The maximum Gasteiger partial charge on any atom is 0.313 e. The average Bonchev–Trinajstić information content (AvgIpc) is 2.62. The summed E-state index contributed by atoms with van der Waals surface area (Å²) in [6.45, 7) is 3.01.